The van der Waals surface area contributed by atoms with Crippen LogP contribution in [0.1, 0.15) is 44.8 Å². The number of pyridine rings is 1. The molecule has 2 aromatic rings. The number of carbonyl (C=O) groups is 2. The first-order chi connectivity index (χ1) is 10.4. The number of carbonyl (C=O) groups excluding carboxylic acids is 1. The average molecular weight is 303 g/mol. The Morgan fingerprint density at radius 3 is 2.59 bits per heavy atom. The van der Waals surface area contributed by atoms with Crippen LogP contribution < -0.4 is 5.32 Å². The van der Waals surface area contributed by atoms with E-state index in [9.17, 15) is 9.59 Å². The summed E-state index contributed by atoms with van der Waals surface area (Å²) in [5.41, 5.74) is 2.01. The Morgan fingerprint density at radius 1 is 1.36 bits per heavy atom. The molecule has 7 heteroatoms. The van der Waals surface area contributed by atoms with Crippen LogP contribution in [0.25, 0.3) is 0 Å². The van der Waals surface area contributed by atoms with Crippen molar-refractivity contribution in [1.82, 2.24) is 15.5 Å². The zero-order valence-corrected chi connectivity index (χ0v) is 12.6. The van der Waals surface area contributed by atoms with Gasteiger partial charge in [0, 0.05) is 17.8 Å². The van der Waals surface area contributed by atoms with Crippen molar-refractivity contribution in [3.8, 4) is 0 Å². The van der Waals surface area contributed by atoms with Crippen LogP contribution in [0.15, 0.2) is 22.9 Å². The van der Waals surface area contributed by atoms with E-state index < -0.39 is 5.97 Å². The molecule has 0 saturated heterocycles. The number of aromatic carboxylic acids is 1. The molecule has 0 fully saturated rings. The number of carboxylic acid groups (broad SMARTS) is 1. The molecule has 0 spiro atoms. The van der Waals surface area contributed by atoms with E-state index in [0.717, 1.165) is 17.0 Å². The first-order valence-corrected chi connectivity index (χ1v) is 6.80. The van der Waals surface area contributed by atoms with Crippen molar-refractivity contribution in [3.63, 3.8) is 0 Å². The predicted octanol–water partition coefficient (Wildman–Crippen LogP) is 1.75. The van der Waals surface area contributed by atoms with Gasteiger partial charge in [-0.25, -0.2) is 9.78 Å². The number of aryl methyl sites for hydroxylation is 2. The third-order valence-corrected chi connectivity index (χ3v) is 3.31. The number of aromatic nitrogens is 2. The first-order valence-electron chi connectivity index (χ1n) is 6.80. The van der Waals surface area contributed by atoms with Crippen molar-refractivity contribution in [2.75, 3.05) is 0 Å². The van der Waals surface area contributed by atoms with Gasteiger partial charge in [-0.2, -0.15) is 0 Å². The monoisotopic (exact) mass is 303 g/mol. The Labute approximate surface area is 127 Å². The molecule has 0 aliphatic rings. The molecule has 1 amide bonds. The van der Waals surface area contributed by atoms with Crippen molar-refractivity contribution >= 4 is 11.9 Å². The van der Waals surface area contributed by atoms with Crippen molar-refractivity contribution in [1.29, 1.82) is 0 Å². The molecule has 2 rings (SSSR count). The smallest absolute Gasteiger partial charge is 0.354 e. The van der Waals surface area contributed by atoms with E-state index in [1.54, 1.807) is 0 Å². The SMILES string of the molecule is Cc1noc(C)c1CC(C)NC(=O)c1ccc(C(=O)O)nc1. The molecule has 0 radical (unpaired) electrons. The largest absolute Gasteiger partial charge is 0.477 e. The van der Waals surface area contributed by atoms with Crippen LogP contribution in [0.5, 0.6) is 0 Å². The molecular weight excluding hydrogens is 286 g/mol. The van der Waals surface area contributed by atoms with Crippen LogP contribution in [0.2, 0.25) is 0 Å². The van der Waals surface area contributed by atoms with E-state index in [1.165, 1.54) is 18.3 Å². The van der Waals surface area contributed by atoms with Crippen molar-refractivity contribution in [2.24, 2.45) is 0 Å². The molecule has 0 aliphatic carbocycles. The van der Waals surface area contributed by atoms with E-state index in [-0.39, 0.29) is 17.6 Å². The molecule has 0 bridgehead atoms. The molecular formula is C15H17N3O4. The second-order valence-electron chi connectivity index (χ2n) is 5.12. The van der Waals surface area contributed by atoms with Crippen LogP contribution >= 0.6 is 0 Å². The van der Waals surface area contributed by atoms with E-state index in [0.29, 0.717) is 12.0 Å². The highest BCUT2D eigenvalue weighted by Gasteiger charge is 2.16. The van der Waals surface area contributed by atoms with E-state index in [2.05, 4.69) is 15.5 Å². The quantitative estimate of drug-likeness (QED) is 0.871. The summed E-state index contributed by atoms with van der Waals surface area (Å²) in [5.74, 6) is -0.687. The van der Waals surface area contributed by atoms with Gasteiger partial charge in [-0.1, -0.05) is 5.16 Å². The summed E-state index contributed by atoms with van der Waals surface area (Å²) in [6.45, 7) is 5.57. The average Bonchev–Trinajstić information content (AvgIpc) is 2.79. The number of nitrogens with one attached hydrogen (secondary N) is 1. The Hall–Kier alpha value is -2.70. The molecule has 22 heavy (non-hydrogen) atoms. The van der Waals surface area contributed by atoms with Gasteiger partial charge in [0.2, 0.25) is 0 Å². The zero-order chi connectivity index (χ0) is 16.3. The third kappa shape index (κ3) is 3.49. The molecule has 0 aliphatic heterocycles. The van der Waals surface area contributed by atoms with Gasteiger partial charge in [-0.15, -0.1) is 0 Å². The molecule has 2 aromatic heterocycles. The second-order valence-corrected chi connectivity index (χ2v) is 5.12. The maximum atomic E-state index is 12.1. The van der Waals surface area contributed by atoms with E-state index in [4.69, 9.17) is 9.63 Å². The van der Waals surface area contributed by atoms with E-state index in [1.807, 2.05) is 20.8 Å². The van der Waals surface area contributed by atoms with Crippen molar-refractivity contribution in [3.05, 3.63) is 46.6 Å². The lowest BCUT2D eigenvalue weighted by atomic mass is 10.1. The summed E-state index contributed by atoms with van der Waals surface area (Å²) >= 11 is 0. The lowest BCUT2D eigenvalue weighted by molar-refractivity contribution is 0.0689. The number of carboxylic acids is 1. The number of nitrogens with zero attached hydrogens (tertiary/aromatic N) is 2. The standard InChI is InChI=1S/C15H17N3O4/c1-8(6-12-9(2)18-22-10(12)3)17-14(19)11-4-5-13(15(20)21)16-7-11/h4-5,7-8H,6H2,1-3H3,(H,17,19)(H,20,21). The van der Waals surface area contributed by atoms with Gasteiger partial charge in [0.1, 0.15) is 11.5 Å². The summed E-state index contributed by atoms with van der Waals surface area (Å²) in [6.07, 6.45) is 1.86. The summed E-state index contributed by atoms with van der Waals surface area (Å²) in [5, 5.41) is 15.5. The molecule has 2 N–H and O–H groups in total. The minimum absolute atomic E-state index is 0.0969. The van der Waals surface area contributed by atoms with Crippen LogP contribution in [-0.2, 0) is 6.42 Å². The minimum atomic E-state index is -1.13. The lowest BCUT2D eigenvalue weighted by Gasteiger charge is -2.13. The topological polar surface area (TPSA) is 105 Å². The number of amides is 1. The summed E-state index contributed by atoms with van der Waals surface area (Å²) in [7, 11) is 0. The Kier molecular flexibility index (Phi) is 4.55. The molecule has 7 nitrogen and oxygen atoms in total. The Balaban J connectivity index is 2.00. The summed E-state index contributed by atoms with van der Waals surface area (Å²) in [6, 6.07) is 2.62. The fourth-order valence-corrected chi connectivity index (χ4v) is 2.11. The van der Waals surface area contributed by atoms with Gasteiger partial charge in [0.25, 0.3) is 5.91 Å². The number of rotatable bonds is 5. The summed E-state index contributed by atoms with van der Waals surface area (Å²) < 4.78 is 5.09. The molecule has 1 unspecified atom stereocenters. The van der Waals surface area contributed by atoms with Crippen LogP contribution in [0.3, 0.4) is 0 Å². The van der Waals surface area contributed by atoms with Crippen LogP contribution in [0, 0.1) is 13.8 Å². The Bertz CT molecular complexity index is 672. The number of hydrogen-bond acceptors (Lipinski definition) is 5. The summed E-state index contributed by atoms with van der Waals surface area (Å²) in [4.78, 5) is 26.5. The molecule has 116 valence electrons. The fraction of sp³-hybridized carbons (Fsp3) is 0.333. The van der Waals surface area contributed by atoms with Gasteiger partial charge >= 0.3 is 5.97 Å². The van der Waals surface area contributed by atoms with Crippen LogP contribution in [0.4, 0.5) is 0 Å². The first kappa shape index (κ1) is 15.7. The zero-order valence-electron chi connectivity index (χ0n) is 12.6. The second kappa shape index (κ2) is 6.38. The normalized spacial score (nSPS) is 12.0. The highest BCUT2D eigenvalue weighted by molar-refractivity contribution is 5.95. The van der Waals surface area contributed by atoms with E-state index >= 15 is 0 Å². The van der Waals surface area contributed by atoms with Gasteiger partial charge in [-0.05, 0) is 39.3 Å². The highest BCUT2D eigenvalue weighted by Crippen LogP contribution is 2.14. The van der Waals surface area contributed by atoms with Gasteiger partial charge in [-0.3, -0.25) is 4.79 Å². The molecule has 2 heterocycles. The highest BCUT2D eigenvalue weighted by atomic mass is 16.5. The third-order valence-electron chi connectivity index (χ3n) is 3.31. The maximum absolute atomic E-state index is 12.1. The fourth-order valence-electron chi connectivity index (χ4n) is 2.11. The van der Waals surface area contributed by atoms with Gasteiger partial charge in [0.15, 0.2) is 0 Å². The lowest BCUT2D eigenvalue weighted by Crippen LogP contribution is -2.34. The van der Waals surface area contributed by atoms with Crippen molar-refractivity contribution in [2.45, 2.75) is 33.2 Å². The molecule has 1 atom stereocenters. The number of hydrogen-bond donors (Lipinski definition) is 2. The molecule has 0 aromatic carbocycles. The molecule has 0 saturated carbocycles. The van der Waals surface area contributed by atoms with Gasteiger partial charge in [0.05, 0.1) is 11.3 Å². The Morgan fingerprint density at radius 2 is 2.09 bits per heavy atom. The van der Waals surface area contributed by atoms with Gasteiger partial charge < -0.3 is 14.9 Å². The van der Waals surface area contributed by atoms with Crippen LogP contribution in [-0.4, -0.2) is 33.2 Å². The minimum Gasteiger partial charge on any atom is -0.477 e. The van der Waals surface area contributed by atoms with Crippen molar-refractivity contribution < 1.29 is 19.2 Å². The maximum Gasteiger partial charge on any atom is 0.354 e. The predicted molar refractivity (Wildman–Crippen MR) is 77.8 cm³/mol.